The lowest BCUT2D eigenvalue weighted by atomic mass is 10.1. The molecule has 0 N–H and O–H groups in total. The number of unbranched alkanes of at least 4 members (excludes halogenated alkanes) is 9. The molecule has 0 fully saturated rings. The highest BCUT2D eigenvalue weighted by atomic mass is 16.5. The van der Waals surface area contributed by atoms with E-state index in [4.69, 9.17) is 9.47 Å². The standard InChI is InChI=1S/C28H40O3/c1-3-5-7-8-9-10-11-15-23-30-26-21-19-25(20-22-26)28(29)31-27-18-14-13-17-24(27)16-12-6-4-2/h13-14,17-22H,3-12,15-16,23H2,1-2H3. The average Bonchev–Trinajstić information content (AvgIpc) is 2.79. The van der Waals surface area contributed by atoms with E-state index in [1.54, 1.807) is 12.1 Å². The van der Waals surface area contributed by atoms with Crippen LogP contribution in [0, 0.1) is 0 Å². The molecule has 0 heterocycles. The maximum atomic E-state index is 12.6. The summed E-state index contributed by atoms with van der Waals surface area (Å²) < 4.78 is 11.5. The van der Waals surface area contributed by atoms with Crippen molar-refractivity contribution in [1.82, 2.24) is 0 Å². The molecule has 0 atom stereocenters. The Kier molecular flexibility index (Phi) is 12.5. The zero-order chi connectivity index (χ0) is 22.2. The van der Waals surface area contributed by atoms with Crippen molar-refractivity contribution < 1.29 is 14.3 Å². The Labute approximate surface area is 189 Å². The van der Waals surface area contributed by atoms with Gasteiger partial charge < -0.3 is 9.47 Å². The molecular formula is C28H40O3. The van der Waals surface area contributed by atoms with E-state index in [1.165, 1.54) is 57.8 Å². The Hall–Kier alpha value is -2.29. The molecule has 0 aliphatic carbocycles. The molecule has 2 aromatic rings. The third-order valence-corrected chi connectivity index (χ3v) is 5.58. The summed E-state index contributed by atoms with van der Waals surface area (Å²) in [4.78, 5) is 12.6. The molecule has 0 aliphatic heterocycles. The summed E-state index contributed by atoms with van der Waals surface area (Å²) in [7, 11) is 0. The zero-order valence-electron chi connectivity index (χ0n) is 19.5. The third-order valence-electron chi connectivity index (χ3n) is 5.58. The van der Waals surface area contributed by atoms with Gasteiger partial charge in [0.15, 0.2) is 0 Å². The zero-order valence-corrected chi connectivity index (χ0v) is 19.5. The molecule has 170 valence electrons. The highest BCUT2D eigenvalue weighted by Gasteiger charge is 2.11. The van der Waals surface area contributed by atoms with E-state index in [2.05, 4.69) is 13.8 Å². The van der Waals surface area contributed by atoms with Crippen LogP contribution in [-0.2, 0) is 6.42 Å². The first kappa shape index (κ1) is 25.0. The summed E-state index contributed by atoms with van der Waals surface area (Å²) in [6.07, 6.45) is 14.7. The van der Waals surface area contributed by atoms with Crippen LogP contribution in [0.15, 0.2) is 48.5 Å². The first-order valence-electron chi connectivity index (χ1n) is 12.3. The van der Waals surface area contributed by atoms with Gasteiger partial charge in [0.1, 0.15) is 11.5 Å². The van der Waals surface area contributed by atoms with Crippen molar-refractivity contribution in [1.29, 1.82) is 0 Å². The molecule has 0 amide bonds. The van der Waals surface area contributed by atoms with Gasteiger partial charge in [0.25, 0.3) is 0 Å². The van der Waals surface area contributed by atoms with Gasteiger partial charge in [0.05, 0.1) is 12.2 Å². The van der Waals surface area contributed by atoms with Crippen molar-refractivity contribution in [3.63, 3.8) is 0 Å². The van der Waals surface area contributed by atoms with Crippen molar-refractivity contribution in [3.05, 3.63) is 59.7 Å². The third kappa shape index (κ3) is 10.0. The highest BCUT2D eigenvalue weighted by molar-refractivity contribution is 5.91. The molecule has 0 aromatic heterocycles. The number of carbonyl (C=O) groups excluding carboxylic acids is 1. The monoisotopic (exact) mass is 424 g/mol. The topological polar surface area (TPSA) is 35.5 Å². The van der Waals surface area contributed by atoms with Crippen LogP contribution in [-0.4, -0.2) is 12.6 Å². The summed E-state index contributed by atoms with van der Waals surface area (Å²) >= 11 is 0. The number of rotatable bonds is 16. The fourth-order valence-electron chi connectivity index (χ4n) is 3.65. The quantitative estimate of drug-likeness (QED) is 0.155. The van der Waals surface area contributed by atoms with E-state index in [1.807, 2.05) is 36.4 Å². The molecule has 0 unspecified atom stereocenters. The minimum atomic E-state index is -0.322. The SMILES string of the molecule is CCCCCCCCCCOc1ccc(C(=O)Oc2ccccc2CCCCC)cc1. The van der Waals surface area contributed by atoms with Crippen LogP contribution in [0.3, 0.4) is 0 Å². The highest BCUT2D eigenvalue weighted by Crippen LogP contribution is 2.22. The fourth-order valence-corrected chi connectivity index (χ4v) is 3.65. The number of aryl methyl sites for hydroxylation is 1. The second kappa shape index (κ2) is 15.5. The number of hydrogen-bond donors (Lipinski definition) is 0. The van der Waals surface area contributed by atoms with Gasteiger partial charge in [-0.15, -0.1) is 0 Å². The van der Waals surface area contributed by atoms with E-state index >= 15 is 0 Å². The van der Waals surface area contributed by atoms with Crippen LogP contribution in [0.4, 0.5) is 0 Å². The second-order valence-electron chi connectivity index (χ2n) is 8.30. The Morgan fingerprint density at radius 1 is 0.710 bits per heavy atom. The Morgan fingerprint density at radius 2 is 1.32 bits per heavy atom. The molecule has 3 heteroatoms. The van der Waals surface area contributed by atoms with E-state index < -0.39 is 0 Å². The first-order valence-corrected chi connectivity index (χ1v) is 12.3. The maximum Gasteiger partial charge on any atom is 0.343 e. The molecule has 0 saturated carbocycles. The van der Waals surface area contributed by atoms with Crippen LogP contribution >= 0.6 is 0 Å². The van der Waals surface area contributed by atoms with E-state index in [0.717, 1.165) is 37.2 Å². The fraction of sp³-hybridized carbons (Fsp3) is 0.536. The summed E-state index contributed by atoms with van der Waals surface area (Å²) in [5, 5.41) is 0. The van der Waals surface area contributed by atoms with Crippen LogP contribution in [0.25, 0.3) is 0 Å². The lowest BCUT2D eigenvalue weighted by Gasteiger charge is -2.11. The number of esters is 1. The molecule has 0 spiro atoms. The van der Waals surface area contributed by atoms with Crippen LogP contribution in [0.1, 0.15) is 100 Å². The van der Waals surface area contributed by atoms with E-state index in [0.29, 0.717) is 11.3 Å². The lowest BCUT2D eigenvalue weighted by molar-refractivity contribution is 0.0733. The van der Waals surface area contributed by atoms with Gasteiger partial charge in [-0.1, -0.05) is 89.8 Å². The Balaban J connectivity index is 1.72. The summed E-state index contributed by atoms with van der Waals surface area (Å²) in [6.45, 7) is 5.17. The molecule has 2 rings (SSSR count). The molecule has 0 bridgehead atoms. The number of ether oxygens (including phenoxy) is 2. The second-order valence-corrected chi connectivity index (χ2v) is 8.30. The van der Waals surface area contributed by atoms with Crippen molar-refractivity contribution in [2.45, 2.75) is 90.9 Å². The molecule has 2 aromatic carbocycles. The summed E-state index contributed by atoms with van der Waals surface area (Å²) in [5.74, 6) is 1.15. The van der Waals surface area contributed by atoms with Gasteiger partial charge in [-0.3, -0.25) is 0 Å². The number of carbonyl (C=O) groups is 1. The number of para-hydroxylation sites is 1. The smallest absolute Gasteiger partial charge is 0.343 e. The summed E-state index contributed by atoms with van der Waals surface area (Å²) in [5.41, 5.74) is 1.64. The van der Waals surface area contributed by atoms with Crippen LogP contribution in [0.2, 0.25) is 0 Å². The number of benzene rings is 2. The molecule has 0 aliphatic rings. The molecule has 3 nitrogen and oxygen atoms in total. The Morgan fingerprint density at radius 3 is 2.03 bits per heavy atom. The molecule has 0 radical (unpaired) electrons. The van der Waals surface area contributed by atoms with Gasteiger partial charge in [0.2, 0.25) is 0 Å². The van der Waals surface area contributed by atoms with Crippen molar-refractivity contribution in [2.75, 3.05) is 6.61 Å². The Bertz CT molecular complexity index is 736. The number of hydrogen-bond acceptors (Lipinski definition) is 3. The van der Waals surface area contributed by atoms with Gasteiger partial charge in [0, 0.05) is 0 Å². The van der Waals surface area contributed by atoms with Gasteiger partial charge >= 0.3 is 5.97 Å². The first-order chi connectivity index (χ1) is 15.2. The predicted molar refractivity (Wildman–Crippen MR) is 129 cm³/mol. The van der Waals surface area contributed by atoms with E-state index in [-0.39, 0.29) is 5.97 Å². The van der Waals surface area contributed by atoms with Crippen molar-refractivity contribution in [3.8, 4) is 11.5 Å². The van der Waals surface area contributed by atoms with Crippen molar-refractivity contribution >= 4 is 5.97 Å². The van der Waals surface area contributed by atoms with Gasteiger partial charge in [-0.05, 0) is 55.2 Å². The lowest BCUT2D eigenvalue weighted by Crippen LogP contribution is -2.10. The minimum absolute atomic E-state index is 0.322. The minimum Gasteiger partial charge on any atom is -0.494 e. The summed E-state index contributed by atoms with van der Waals surface area (Å²) in [6, 6.07) is 15.1. The molecular weight excluding hydrogens is 384 g/mol. The maximum absolute atomic E-state index is 12.6. The van der Waals surface area contributed by atoms with E-state index in [9.17, 15) is 4.79 Å². The molecule has 0 saturated heterocycles. The van der Waals surface area contributed by atoms with Crippen LogP contribution in [0.5, 0.6) is 11.5 Å². The van der Waals surface area contributed by atoms with Gasteiger partial charge in [-0.2, -0.15) is 0 Å². The normalized spacial score (nSPS) is 10.8. The average molecular weight is 425 g/mol. The van der Waals surface area contributed by atoms with Crippen molar-refractivity contribution in [2.24, 2.45) is 0 Å². The predicted octanol–water partition coefficient (Wildman–Crippen LogP) is 8.16. The van der Waals surface area contributed by atoms with Gasteiger partial charge in [-0.25, -0.2) is 4.79 Å². The molecule has 31 heavy (non-hydrogen) atoms. The van der Waals surface area contributed by atoms with Crippen LogP contribution < -0.4 is 9.47 Å². The largest absolute Gasteiger partial charge is 0.494 e.